The van der Waals surface area contributed by atoms with Crippen molar-refractivity contribution in [1.29, 1.82) is 0 Å². The third kappa shape index (κ3) is 30.1. The van der Waals surface area contributed by atoms with Crippen molar-refractivity contribution in [2.75, 3.05) is 0 Å². The summed E-state index contributed by atoms with van der Waals surface area (Å²) in [6.07, 6.45) is 42.7. The highest BCUT2D eigenvalue weighted by atomic mass is 14.1. The Morgan fingerprint density at radius 2 is 0.486 bits per heavy atom. The minimum atomic E-state index is 0.960. The molecule has 0 aromatic rings. The van der Waals surface area contributed by atoms with Crippen LogP contribution in [0.5, 0.6) is 0 Å². The Balaban J connectivity index is 3.17. The van der Waals surface area contributed by atoms with Crippen LogP contribution in [0.25, 0.3) is 0 Å². The van der Waals surface area contributed by atoms with Gasteiger partial charge in [0.2, 0.25) is 0 Å². The number of hydrogen-bond acceptors (Lipinski definition) is 0. The molecule has 0 rings (SSSR count). The lowest BCUT2D eigenvalue weighted by atomic mass is 9.95. The molecular formula is C35H72. The zero-order valence-corrected chi connectivity index (χ0v) is 25.7. The lowest BCUT2D eigenvalue weighted by molar-refractivity contribution is 0.428. The molecule has 0 radical (unpaired) electrons. The van der Waals surface area contributed by atoms with Crippen LogP contribution in [-0.4, -0.2) is 0 Å². The second kappa shape index (κ2) is 30.2. The van der Waals surface area contributed by atoms with Gasteiger partial charge in [-0.25, -0.2) is 0 Å². The molecule has 0 heterocycles. The van der Waals surface area contributed by atoms with Gasteiger partial charge in [-0.1, -0.05) is 214 Å². The fraction of sp³-hybridized carbons (Fsp3) is 1.00. The number of unbranched alkanes of at least 4 members (excludes halogenated alkanes) is 22. The maximum absolute atomic E-state index is 2.51. The third-order valence-electron chi connectivity index (χ3n) is 8.48. The topological polar surface area (TPSA) is 0 Å². The maximum Gasteiger partial charge on any atom is -0.0443 e. The molecule has 0 aliphatic heterocycles. The third-order valence-corrected chi connectivity index (χ3v) is 8.48. The summed E-state index contributed by atoms with van der Waals surface area (Å²) < 4.78 is 0. The largest absolute Gasteiger partial charge is 0.0654 e. The molecule has 0 saturated carbocycles. The van der Waals surface area contributed by atoms with Crippen molar-refractivity contribution in [1.82, 2.24) is 0 Å². The van der Waals surface area contributed by atoms with Crippen LogP contribution in [0.3, 0.4) is 0 Å². The first-order valence-electron chi connectivity index (χ1n) is 17.2. The van der Waals surface area contributed by atoms with E-state index in [1.54, 1.807) is 0 Å². The van der Waals surface area contributed by atoms with Crippen LogP contribution < -0.4 is 0 Å². The Labute approximate surface area is 225 Å². The van der Waals surface area contributed by atoms with Crippen molar-refractivity contribution in [2.45, 2.75) is 214 Å². The van der Waals surface area contributed by atoms with E-state index in [4.69, 9.17) is 0 Å². The SMILES string of the molecule is CCCCCCCCCCCCCCCCCC(C)CCCCCCCCCCCC(C)CCC. The van der Waals surface area contributed by atoms with Gasteiger partial charge in [0.05, 0.1) is 0 Å². The molecule has 0 fully saturated rings. The maximum atomic E-state index is 2.51. The zero-order chi connectivity index (χ0) is 25.7. The molecule has 0 saturated heterocycles. The van der Waals surface area contributed by atoms with E-state index in [1.807, 2.05) is 0 Å². The molecule has 212 valence electrons. The standard InChI is InChI=1S/C35H72/c1-5-7-8-9-10-11-12-13-14-15-16-18-22-25-28-32-35(4)33-29-26-23-20-17-19-21-24-27-31-34(3)30-6-2/h34-35H,5-33H2,1-4H3. The highest BCUT2D eigenvalue weighted by molar-refractivity contribution is 4.57. The molecule has 0 nitrogen and oxygen atoms in total. The Bertz CT molecular complexity index is 359. The molecule has 2 atom stereocenters. The van der Waals surface area contributed by atoms with Gasteiger partial charge in [-0.15, -0.1) is 0 Å². The molecule has 0 aromatic heterocycles. The summed E-state index contributed by atoms with van der Waals surface area (Å²) in [5.41, 5.74) is 0. The van der Waals surface area contributed by atoms with Crippen LogP contribution in [-0.2, 0) is 0 Å². The molecule has 0 amide bonds. The molecule has 35 heavy (non-hydrogen) atoms. The van der Waals surface area contributed by atoms with Crippen LogP contribution in [0.4, 0.5) is 0 Å². The van der Waals surface area contributed by atoms with E-state index in [-0.39, 0.29) is 0 Å². The zero-order valence-electron chi connectivity index (χ0n) is 25.7. The van der Waals surface area contributed by atoms with Gasteiger partial charge in [0.15, 0.2) is 0 Å². The van der Waals surface area contributed by atoms with E-state index in [1.165, 1.54) is 186 Å². The van der Waals surface area contributed by atoms with Crippen molar-refractivity contribution in [2.24, 2.45) is 11.8 Å². The first kappa shape index (κ1) is 35.0. The molecule has 0 heteroatoms. The van der Waals surface area contributed by atoms with E-state index in [9.17, 15) is 0 Å². The van der Waals surface area contributed by atoms with Crippen LogP contribution in [0.15, 0.2) is 0 Å². The molecule has 0 aliphatic rings. The monoisotopic (exact) mass is 493 g/mol. The van der Waals surface area contributed by atoms with Crippen LogP contribution in [0.2, 0.25) is 0 Å². The summed E-state index contributed by atoms with van der Waals surface area (Å²) in [4.78, 5) is 0. The Kier molecular flexibility index (Phi) is 30.2. The Morgan fingerprint density at radius 1 is 0.257 bits per heavy atom. The second-order valence-electron chi connectivity index (χ2n) is 12.5. The van der Waals surface area contributed by atoms with Gasteiger partial charge in [0.1, 0.15) is 0 Å². The molecule has 0 aromatic carbocycles. The van der Waals surface area contributed by atoms with Gasteiger partial charge < -0.3 is 0 Å². The van der Waals surface area contributed by atoms with Crippen molar-refractivity contribution in [3.05, 3.63) is 0 Å². The van der Waals surface area contributed by atoms with Gasteiger partial charge in [-0.2, -0.15) is 0 Å². The van der Waals surface area contributed by atoms with Gasteiger partial charge in [-0.3, -0.25) is 0 Å². The van der Waals surface area contributed by atoms with Crippen LogP contribution >= 0.6 is 0 Å². The van der Waals surface area contributed by atoms with Crippen molar-refractivity contribution in [3.8, 4) is 0 Å². The van der Waals surface area contributed by atoms with Gasteiger partial charge >= 0.3 is 0 Å². The first-order valence-corrected chi connectivity index (χ1v) is 17.2. The molecule has 0 aliphatic carbocycles. The summed E-state index contributed by atoms with van der Waals surface area (Å²) in [7, 11) is 0. The smallest absolute Gasteiger partial charge is 0.0443 e. The summed E-state index contributed by atoms with van der Waals surface area (Å²) in [6, 6.07) is 0. The molecular weight excluding hydrogens is 420 g/mol. The Morgan fingerprint density at radius 3 is 0.743 bits per heavy atom. The van der Waals surface area contributed by atoms with E-state index in [0.717, 1.165) is 11.8 Å². The Hall–Kier alpha value is 0. The molecule has 2 unspecified atom stereocenters. The van der Waals surface area contributed by atoms with E-state index in [2.05, 4.69) is 27.7 Å². The average Bonchev–Trinajstić information content (AvgIpc) is 2.85. The average molecular weight is 493 g/mol. The number of hydrogen-bond donors (Lipinski definition) is 0. The number of rotatable bonds is 30. The van der Waals surface area contributed by atoms with E-state index in [0.29, 0.717) is 0 Å². The highest BCUT2D eigenvalue weighted by Crippen LogP contribution is 2.20. The van der Waals surface area contributed by atoms with Gasteiger partial charge in [0.25, 0.3) is 0 Å². The van der Waals surface area contributed by atoms with Crippen molar-refractivity contribution < 1.29 is 0 Å². The minimum absolute atomic E-state index is 0.960. The predicted molar refractivity (Wildman–Crippen MR) is 164 cm³/mol. The normalized spacial score (nSPS) is 13.4. The van der Waals surface area contributed by atoms with E-state index >= 15 is 0 Å². The van der Waals surface area contributed by atoms with Crippen LogP contribution in [0.1, 0.15) is 214 Å². The van der Waals surface area contributed by atoms with Crippen molar-refractivity contribution in [3.63, 3.8) is 0 Å². The van der Waals surface area contributed by atoms with Crippen LogP contribution in [0, 0.1) is 11.8 Å². The fourth-order valence-corrected chi connectivity index (χ4v) is 5.87. The summed E-state index contributed by atoms with van der Waals surface area (Å²) in [5, 5.41) is 0. The second-order valence-corrected chi connectivity index (χ2v) is 12.5. The highest BCUT2D eigenvalue weighted by Gasteiger charge is 2.03. The van der Waals surface area contributed by atoms with E-state index < -0.39 is 0 Å². The predicted octanol–water partition coefficient (Wildman–Crippen LogP) is 13.6. The van der Waals surface area contributed by atoms with Gasteiger partial charge in [0, 0.05) is 0 Å². The summed E-state index contributed by atoms with van der Waals surface area (Å²) >= 11 is 0. The van der Waals surface area contributed by atoms with Gasteiger partial charge in [-0.05, 0) is 11.8 Å². The minimum Gasteiger partial charge on any atom is -0.0654 e. The molecule has 0 N–H and O–H groups in total. The molecule has 0 bridgehead atoms. The lowest BCUT2D eigenvalue weighted by Gasteiger charge is -2.11. The first-order chi connectivity index (χ1) is 17.2. The van der Waals surface area contributed by atoms with Crippen molar-refractivity contribution >= 4 is 0 Å². The summed E-state index contributed by atoms with van der Waals surface area (Å²) in [6.45, 7) is 9.57. The summed E-state index contributed by atoms with van der Waals surface area (Å²) in [5.74, 6) is 1.92. The fourth-order valence-electron chi connectivity index (χ4n) is 5.87. The molecule has 0 spiro atoms. The quantitative estimate of drug-likeness (QED) is 0.0874. The lowest BCUT2D eigenvalue weighted by Crippen LogP contribution is -1.95.